The quantitative estimate of drug-likeness (QED) is 0.800. The summed E-state index contributed by atoms with van der Waals surface area (Å²) in [5, 5.41) is 2.66. The van der Waals surface area contributed by atoms with Gasteiger partial charge in [-0.3, -0.25) is 9.69 Å². The number of hydrogen-bond acceptors (Lipinski definition) is 2. The van der Waals surface area contributed by atoms with Gasteiger partial charge in [-0.25, -0.2) is 13.6 Å². The number of nitrogens with zero attached hydrogens (tertiary/aromatic N) is 1. The van der Waals surface area contributed by atoms with Crippen LogP contribution in [0.5, 0.6) is 0 Å². The van der Waals surface area contributed by atoms with E-state index in [1.165, 1.54) is 17.2 Å². The number of carbonyl (C=O) groups is 2. The zero-order valence-electron chi connectivity index (χ0n) is 14.5. The summed E-state index contributed by atoms with van der Waals surface area (Å²) in [7, 11) is 0. The lowest BCUT2D eigenvalue weighted by Crippen LogP contribution is -2.31. The Bertz CT molecular complexity index is 821. The molecule has 2 aromatic rings. The van der Waals surface area contributed by atoms with Gasteiger partial charge in [0.15, 0.2) is 11.6 Å². The van der Waals surface area contributed by atoms with Crippen molar-refractivity contribution in [3.05, 3.63) is 70.8 Å². The number of nitrogens with one attached hydrogen (secondary N) is 1. The van der Waals surface area contributed by atoms with E-state index in [0.717, 1.165) is 29.9 Å². The van der Waals surface area contributed by atoms with Crippen LogP contribution in [0.25, 0.3) is 0 Å². The molecule has 3 amide bonds. The van der Waals surface area contributed by atoms with Crippen LogP contribution in [0.3, 0.4) is 0 Å². The van der Waals surface area contributed by atoms with E-state index in [1.807, 2.05) is 19.1 Å². The summed E-state index contributed by atoms with van der Waals surface area (Å²) in [6.45, 7) is 1.95. The lowest BCUT2D eigenvalue weighted by molar-refractivity contribution is -0.128. The third-order valence-corrected chi connectivity index (χ3v) is 4.51. The Labute approximate surface area is 150 Å². The lowest BCUT2D eigenvalue weighted by Gasteiger charge is -2.13. The van der Waals surface area contributed by atoms with Crippen LogP contribution < -0.4 is 5.32 Å². The summed E-state index contributed by atoms with van der Waals surface area (Å²) in [4.78, 5) is 25.5. The number of rotatable bonds is 6. The number of benzene rings is 2. The zero-order chi connectivity index (χ0) is 18.7. The molecule has 0 aromatic heterocycles. The number of carbonyl (C=O) groups excluding carboxylic acids is 2. The topological polar surface area (TPSA) is 49.4 Å². The molecule has 0 spiro atoms. The van der Waals surface area contributed by atoms with Gasteiger partial charge in [0.2, 0.25) is 0 Å². The monoisotopic (exact) mass is 358 g/mol. The lowest BCUT2D eigenvalue weighted by atomic mass is 10.0. The second kappa shape index (κ2) is 7.64. The first-order valence-electron chi connectivity index (χ1n) is 8.55. The summed E-state index contributed by atoms with van der Waals surface area (Å²) in [5.74, 6) is -2.28. The van der Waals surface area contributed by atoms with E-state index in [4.69, 9.17) is 0 Å². The highest BCUT2D eigenvalue weighted by molar-refractivity contribution is 6.04. The number of amides is 3. The maximum atomic E-state index is 13.3. The molecule has 1 aliphatic heterocycles. The summed E-state index contributed by atoms with van der Waals surface area (Å²) in [6, 6.07) is 10.5. The van der Waals surface area contributed by atoms with Crippen LogP contribution in [-0.2, 0) is 17.8 Å². The number of aryl methyl sites for hydroxylation is 2. The molecule has 1 saturated heterocycles. The van der Waals surface area contributed by atoms with Crippen molar-refractivity contribution in [1.82, 2.24) is 10.2 Å². The standard InChI is InChI=1S/C20H20F2N2O2/c1-13-5-7-14(8-6-13)3-2-4-18-19(25)24(20(26)23-18)12-15-9-10-16(21)17(22)11-15/h5-11,18H,2-4,12H2,1H3,(H,23,26). The van der Waals surface area contributed by atoms with Gasteiger partial charge in [0.1, 0.15) is 6.04 Å². The van der Waals surface area contributed by atoms with Gasteiger partial charge in [-0.2, -0.15) is 0 Å². The van der Waals surface area contributed by atoms with Gasteiger partial charge < -0.3 is 5.32 Å². The Morgan fingerprint density at radius 2 is 1.69 bits per heavy atom. The highest BCUT2D eigenvalue weighted by atomic mass is 19.2. The minimum Gasteiger partial charge on any atom is -0.326 e. The van der Waals surface area contributed by atoms with Crippen molar-refractivity contribution in [1.29, 1.82) is 0 Å². The normalized spacial score (nSPS) is 16.9. The maximum Gasteiger partial charge on any atom is 0.325 e. The Hall–Kier alpha value is -2.76. The average Bonchev–Trinajstić information content (AvgIpc) is 2.87. The summed E-state index contributed by atoms with van der Waals surface area (Å²) >= 11 is 0. The number of halogens is 2. The molecule has 1 N–H and O–H groups in total. The van der Waals surface area contributed by atoms with Gasteiger partial charge in [0.25, 0.3) is 5.91 Å². The summed E-state index contributed by atoms with van der Waals surface area (Å²) < 4.78 is 26.3. The van der Waals surface area contributed by atoms with Gasteiger partial charge in [0, 0.05) is 0 Å². The van der Waals surface area contributed by atoms with Crippen LogP contribution in [0.2, 0.25) is 0 Å². The van der Waals surface area contributed by atoms with Crippen LogP contribution in [0.4, 0.5) is 13.6 Å². The van der Waals surface area contributed by atoms with Crippen molar-refractivity contribution in [3.8, 4) is 0 Å². The Kier molecular flexibility index (Phi) is 5.30. The van der Waals surface area contributed by atoms with Crippen molar-refractivity contribution in [2.45, 2.75) is 38.8 Å². The molecule has 0 aliphatic carbocycles. The predicted molar refractivity (Wildman–Crippen MR) is 93.3 cm³/mol. The molecule has 0 radical (unpaired) electrons. The fraction of sp³-hybridized carbons (Fsp3) is 0.300. The van der Waals surface area contributed by atoms with Crippen molar-refractivity contribution in [2.24, 2.45) is 0 Å². The molecule has 6 heteroatoms. The summed E-state index contributed by atoms with van der Waals surface area (Å²) in [5.41, 5.74) is 2.75. The molecule has 26 heavy (non-hydrogen) atoms. The molecule has 1 atom stereocenters. The molecule has 1 unspecified atom stereocenters. The molecule has 1 heterocycles. The van der Waals surface area contributed by atoms with E-state index < -0.39 is 23.7 Å². The fourth-order valence-electron chi connectivity index (χ4n) is 3.01. The minimum atomic E-state index is -0.996. The molecule has 136 valence electrons. The molecule has 1 fully saturated rings. The SMILES string of the molecule is Cc1ccc(CCCC2NC(=O)N(Cc3ccc(F)c(F)c3)C2=O)cc1. The maximum absolute atomic E-state index is 13.3. The molecule has 4 nitrogen and oxygen atoms in total. The van der Waals surface area contributed by atoms with E-state index >= 15 is 0 Å². The second-order valence-electron chi connectivity index (χ2n) is 6.55. The van der Waals surface area contributed by atoms with Gasteiger partial charge >= 0.3 is 6.03 Å². The van der Waals surface area contributed by atoms with Crippen LogP contribution in [0.1, 0.15) is 29.5 Å². The zero-order valence-corrected chi connectivity index (χ0v) is 14.5. The molecule has 0 bridgehead atoms. The van der Waals surface area contributed by atoms with Crippen LogP contribution >= 0.6 is 0 Å². The Balaban J connectivity index is 1.56. The molecular formula is C20H20F2N2O2. The van der Waals surface area contributed by atoms with Crippen molar-refractivity contribution in [2.75, 3.05) is 0 Å². The number of imide groups is 1. The number of urea groups is 1. The fourth-order valence-corrected chi connectivity index (χ4v) is 3.01. The highest BCUT2D eigenvalue weighted by Crippen LogP contribution is 2.18. The largest absolute Gasteiger partial charge is 0.326 e. The summed E-state index contributed by atoms with van der Waals surface area (Å²) in [6.07, 6.45) is 2.12. The van der Waals surface area contributed by atoms with Crippen molar-refractivity contribution < 1.29 is 18.4 Å². The average molecular weight is 358 g/mol. The smallest absolute Gasteiger partial charge is 0.325 e. The predicted octanol–water partition coefficient (Wildman–Crippen LogP) is 3.72. The molecule has 0 saturated carbocycles. The van der Waals surface area contributed by atoms with E-state index in [9.17, 15) is 18.4 Å². The van der Waals surface area contributed by atoms with Gasteiger partial charge in [-0.05, 0) is 49.4 Å². The van der Waals surface area contributed by atoms with Crippen LogP contribution in [-0.4, -0.2) is 22.9 Å². The second-order valence-corrected chi connectivity index (χ2v) is 6.55. The molecule has 3 rings (SSSR count). The third-order valence-electron chi connectivity index (χ3n) is 4.51. The molecule has 2 aromatic carbocycles. The van der Waals surface area contributed by atoms with Crippen LogP contribution in [0.15, 0.2) is 42.5 Å². The third kappa shape index (κ3) is 4.07. The Morgan fingerprint density at radius 1 is 1.00 bits per heavy atom. The van der Waals surface area contributed by atoms with E-state index in [2.05, 4.69) is 17.4 Å². The first-order valence-corrected chi connectivity index (χ1v) is 8.55. The molecule has 1 aliphatic rings. The van der Waals surface area contributed by atoms with Gasteiger partial charge in [-0.15, -0.1) is 0 Å². The highest BCUT2D eigenvalue weighted by Gasteiger charge is 2.37. The van der Waals surface area contributed by atoms with Crippen molar-refractivity contribution in [3.63, 3.8) is 0 Å². The van der Waals surface area contributed by atoms with E-state index in [-0.39, 0.29) is 12.5 Å². The number of hydrogen-bond donors (Lipinski definition) is 1. The molecular weight excluding hydrogens is 338 g/mol. The first-order chi connectivity index (χ1) is 12.4. The Morgan fingerprint density at radius 3 is 2.38 bits per heavy atom. The van der Waals surface area contributed by atoms with Crippen LogP contribution in [0, 0.1) is 18.6 Å². The van der Waals surface area contributed by atoms with Gasteiger partial charge in [0.05, 0.1) is 6.54 Å². The van der Waals surface area contributed by atoms with Crippen molar-refractivity contribution >= 4 is 11.9 Å². The van der Waals surface area contributed by atoms with E-state index in [0.29, 0.717) is 12.0 Å². The van der Waals surface area contributed by atoms with E-state index in [1.54, 1.807) is 0 Å². The van der Waals surface area contributed by atoms with Gasteiger partial charge in [-0.1, -0.05) is 35.9 Å². The first kappa shape index (κ1) is 18.0. The minimum absolute atomic E-state index is 0.0731.